The first-order valence-corrected chi connectivity index (χ1v) is 9.30. The van der Waals surface area contributed by atoms with Crippen molar-refractivity contribution in [3.8, 4) is 0 Å². The van der Waals surface area contributed by atoms with E-state index in [1.165, 1.54) is 10.8 Å². The maximum absolute atomic E-state index is 13.0. The van der Waals surface area contributed by atoms with E-state index in [4.69, 9.17) is 4.98 Å². The lowest BCUT2D eigenvalue weighted by molar-refractivity contribution is 0.0756. The predicted octanol–water partition coefficient (Wildman–Crippen LogP) is 1.95. The van der Waals surface area contributed by atoms with Crippen LogP contribution < -0.4 is 0 Å². The van der Waals surface area contributed by atoms with Crippen molar-refractivity contribution in [2.24, 2.45) is 5.92 Å². The van der Waals surface area contributed by atoms with Crippen molar-refractivity contribution in [3.63, 3.8) is 0 Å². The van der Waals surface area contributed by atoms with Gasteiger partial charge in [0.15, 0.2) is 5.65 Å². The van der Waals surface area contributed by atoms with Crippen LogP contribution >= 0.6 is 0 Å². The number of para-hydroxylation sites is 1. The molecule has 0 bridgehead atoms. The van der Waals surface area contributed by atoms with Crippen LogP contribution in [0.2, 0.25) is 0 Å². The van der Waals surface area contributed by atoms with Gasteiger partial charge in [0.25, 0.3) is 5.91 Å². The highest BCUT2D eigenvalue weighted by Crippen LogP contribution is 2.24. The van der Waals surface area contributed by atoms with Crippen LogP contribution in [0.25, 0.3) is 16.6 Å². The van der Waals surface area contributed by atoms with Gasteiger partial charge in [0, 0.05) is 30.1 Å². The molecule has 140 valence electrons. The molecule has 0 aliphatic carbocycles. The average molecular weight is 373 g/mol. The summed E-state index contributed by atoms with van der Waals surface area (Å²) in [5.74, 6) is -0.198. The first-order valence-electron chi connectivity index (χ1n) is 9.30. The van der Waals surface area contributed by atoms with Crippen LogP contribution in [0.3, 0.4) is 0 Å². The number of rotatable bonds is 3. The van der Waals surface area contributed by atoms with E-state index in [0.29, 0.717) is 30.9 Å². The summed E-state index contributed by atoms with van der Waals surface area (Å²) in [4.78, 5) is 23.5. The molecule has 3 aromatic heterocycles. The van der Waals surface area contributed by atoms with Gasteiger partial charge >= 0.3 is 0 Å². The van der Waals surface area contributed by atoms with Crippen LogP contribution in [0, 0.1) is 5.92 Å². The van der Waals surface area contributed by atoms with Crippen LogP contribution in [0.5, 0.6) is 0 Å². The van der Waals surface area contributed by atoms with Gasteiger partial charge in [-0.2, -0.15) is 5.10 Å². The van der Waals surface area contributed by atoms with Crippen molar-refractivity contribution in [2.45, 2.75) is 12.5 Å². The third-order valence-electron chi connectivity index (χ3n) is 5.34. The van der Waals surface area contributed by atoms with Crippen molar-refractivity contribution in [1.82, 2.24) is 24.5 Å². The number of benzene rings is 1. The molecule has 5 rings (SSSR count). The lowest BCUT2D eigenvalue weighted by Crippen LogP contribution is -2.31. The standard InChI is InChI=1S/C21H19N5O2/c27-19-12-25(21(28)18-6-3-7-20-22-13-23-26(18)20)11-15(19)10-16-9-8-14-4-1-2-5-17(14)24-16/h1-9,13,15,19,27H,10-12H2/t15-,19-/m1/s1. The Balaban J connectivity index is 1.35. The van der Waals surface area contributed by atoms with Crippen LogP contribution in [0.4, 0.5) is 0 Å². The number of nitrogens with zero attached hydrogens (tertiary/aromatic N) is 5. The Bertz CT molecular complexity index is 1170. The Morgan fingerprint density at radius 3 is 2.89 bits per heavy atom. The summed E-state index contributed by atoms with van der Waals surface area (Å²) in [5.41, 5.74) is 2.95. The van der Waals surface area contributed by atoms with E-state index in [1.807, 2.05) is 36.4 Å². The minimum atomic E-state index is -0.577. The molecule has 4 heterocycles. The normalized spacial score (nSPS) is 19.5. The molecule has 28 heavy (non-hydrogen) atoms. The molecule has 1 amide bonds. The van der Waals surface area contributed by atoms with Gasteiger partial charge in [-0.05, 0) is 30.7 Å². The summed E-state index contributed by atoms with van der Waals surface area (Å²) in [6, 6.07) is 17.3. The van der Waals surface area contributed by atoms with Gasteiger partial charge in [0.05, 0.1) is 11.6 Å². The highest BCUT2D eigenvalue weighted by Gasteiger charge is 2.35. The number of fused-ring (bicyclic) bond motifs is 2. The van der Waals surface area contributed by atoms with Crippen molar-refractivity contribution >= 4 is 22.5 Å². The number of pyridine rings is 2. The molecule has 7 nitrogen and oxygen atoms in total. The Kier molecular flexibility index (Phi) is 4.02. The lowest BCUT2D eigenvalue weighted by atomic mass is 9.99. The number of aliphatic hydroxyl groups excluding tert-OH is 1. The molecule has 1 aliphatic heterocycles. The zero-order valence-corrected chi connectivity index (χ0v) is 15.1. The number of carbonyl (C=O) groups excluding carboxylic acids is 1. The fourth-order valence-electron chi connectivity index (χ4n) is 3.88. The van der Waals surface area contributed by atoms with Gasteiger partial charge in [-0.15, -0.1) is 0 Å². The molecule has 0 saturated carbocycles. The Hall–Kier alpha value is -3.32. The molecule has 1 aliphatic rings. The molecule has 1 aromatic carbocycles. The van der Waals surface area contributed by atoms with Gasteiger partial charge < -0.3 is 10.0 Å². The summed E-state index contributed by atoms with van der Waals surface area (Å²) in [5, 5.41) is 15.8. The van der Waals surface area contributed by atoms with Crippen molar-refractivity contribution in [1.29, 1.82) is 0 Å². The minimum Gasteiger partial charge on any atom is -0.391 e. The molecular weight excluding hydrogens is 354 g/mol. The van der Waals surface area contributed by atoms with Crippen LogP contribution in [0.1, 0.15) is 16.2 Å². The van der Waals surface area contributed by atoms with E-state index in [1.54, 1.807) is 23.1 Å². The monoisotopic (exact) mass is 373 g/mol. The SMILES string of the molecule is O=C(c1cccc2ncnn12)N1C[C@@H](Cc2ccc3ccccc3n2)[C@H](O)C1. The number of amides is 1. The number of aliphatic hydroxyl groups is 1. The second-order valence-corrected chi connectivity index (χ2v) is 7.18. The topological polar surface area (TPSA) is 83.6 Å². The maximum Gasteiger partial charge on any atom is 0.272 e. The van der Waals surface area contributed by atoms with Gasteiger partial charge in [-0.25, -0.2) is 9.50 Å². The number of carbonyl (C=O) groups is 1. The minimum absolute atomic E-state index is 0.0486. The maximum atomic E-state index is 13.0. The third kappa shape index (κ3) is 2.90. The van der Waals surface area contributed by atoms with Gasteiger partial charge in [-0.1, -0.05) is 30.3 Å². The van der Waals surface area contributed by atoms with Crippen molar-refractivity contribution in [2.75, 3.05) is 13.1 Å². The van der Waals surface area contributed by atoms with Gasteiger partial charge in [0.2, 0.25) is 0 Å². The summed E-state index contributed by atoms with van der Waals surface area (Å²) in [7, 11) is 0. The van der Waals surface area contributed by atoms with E-state index < -0.39 is 6.10 Å². The Morgan fingerprint density at radius 1 is 1.07 bits per heavy atom. The van der Waals surface area contributed by atoms with Gasteiger partial charge in [-0.3, -0.25) is 9.78 Å². The fourth-order valence-corrected chi connectivity index (χ4v) is 3.88. The largest absolute Gasteiger partial charge is 0.391 e. The molecular formula is C21H19N5O2. The average Bonchev–Trinajstić information content (AvgIpc) is 3.34. The van der Waals surface area contributed by atoms with Crippen molar-refractivity contribution < 1.29 is 9.90 Å². The van der Waals surface area contributed by atoms with Crippen LogP contribution in [-0.2, 0) is 6.42 Å². The molecule has 1 saturated heterocycles. The second-order valence-electron chi connectivity index (χ2n) is 7.18. The number of likely N-dealkylation sites (tertiary alicyclic amines) is 1. The zero-order valence-electron chi connectivity index (χ0n) is 15.1. The molecule has 1 N–H and O–H groups in total. The molecule has 0 spiro atoms. The summed E-state index contributed by atoms with van der Waals surface area (Å²) in [6.07, 6.45) is 1.48. The molecule has 0 radical (unpaired) electrons. The smallest absolute Gasteiger partial charge is 0.272 e. The van der Waals surface area contributed by atoms with Crippen LogP contribution in [-0.4, -0.2) is 54.7 Å². The summed E-state index contributed by atoms with van der Waals surface area (Å²) < 4.78 is 1.53. The second kappa shape index (κ2) is 6.69. The van der Waals surface area contributed by atoms with E-state index in [-0.39, 0.29) is 11.8 Å². The van der Waals surface area contributed by atoms with E-state index in [2.05, 4.69) is 10.1 Å². The number of hydrogen-bond donors (Lipinski definition) is 1. The molecule has 2 atom stereocenters. The molecule has 1 fully saturated rings. The molecule has 7 heteroatoms. The van der Waals surface area contributed by atoms with E-state index in [0.717, 1.165) is 16.6 Å². The van der Waals surface area contributed by atoms with E-state index in [9.17, 15) is 9.90 Å². The first kappa shape index (κ1) is 16.8. The third-order valence-corrected chi connectivity index (χ3v) is 5.34. The number of β-amino-alcohol motifs (C(OH)–C–C–N with tert-alkyl or cyclic N) is 1. The number of aromatic nitrogens is 4. The van der Waals surface area contributed by atoms with Gasteiger partial charge in [0.1, 0.15) is 12.0 Å². The lowest BCUT2D eigenvalue weighted by Gasteiger charge is -2.16. The van der Waals surface area contributed by atoms with Crippen molar-refractivity contribution in [3.05, 3.63) is 72.3 Å². The van der Waals surface area contributed by atoms with Crippen LogP contribution in [0.15, 0.2) is 60.9 Å². The summed E-state index contributed by atoms with van der Waals surface area (Å²) in [6.45, 7) is 0.793. The molecule has 0 unspecified atom stereocenters. The Morgan fingerprint density at radius 2 is 1.96 bits per heavy atom. The quantitative estimate of drug-likeness (QED) is 0.593. The zero-order chi connectivity index (χ0) is 19.1. The predicted molar refractivity (Wildman–Crippen MR) is 104 cm³/mol. The molecule has 4 aromatic rings. The fraction of sp³-hybridized carbons (Fsp3) is 0.238. The first-order chi connectivity index (χ1) is 13.7. The highest BCUT2D eigenvalue weighted by atomic mass is 16.3. The van der Waals surface area contributed by atoms with E-state index >= 15 is 0 Å². The Labute approximate surface area is 161 Å². The number of hydrogen-bond acceptors (Lipinski definition) is 5. The highest BCUT2D eigenvalue weighted by molar-refractivity contribution is 5.93. The summed E-state index contributed by atoms with van der Waals surface area (Å²) >= 11 is 0.